The van der Waals surface area contributed by atoms with Crippen molar-refractivity contribution < 1.29 is 22.7 Å². The van der Waals surface area contributed by atoms with E-state index in [-0.39, 0.29) is 5.75 Å². The molecule has 6 heteroatoms. The van der Waals surface area contributed by atoms with Gasteiger partial charge in [0.2, 0.25) is 5.91 Å². The molecule has 0 saturated carbocycles. The van der Waals surface area contributed by atoms with E-state index in [1.165, 1.54) is 30.3 Å². The first kappa shape index (κ1) is 15.6. The zero-order valence-corrected chi connectivity index (χ0v) is 11.3. The quantitative estimate of drug-likeness (QED) is 0.875. The lowest BCUT2D eigenvalue weighted by Crippen LogP contribution is -2.16. The molecule has 2 aromatic carbocycles. The van der Waals surface area contributed by atoms with Gasteiger partial charge in [-0.15, -0.1) is 13.2 Å². The molecule has 0 bridgehead atoms. The summed E-state index contributed by atoms with van der Waals surface area (Å²) in [5.74, 6) is -0.804. The standard InChI is InChI=1S/C16H12F3NO2/c17-16(18,19)22-14-8-6-13(7-9-14)12-4-1-11(2-5-12)3-10-15(20)21/h1-10H,(H2,20,21)/b10-3-. The summed E-state index contributed by atoms with van der Waals surface area (Å²) in [6.07, 6.45) is -1.87. The maximum atomic E-state index is 12.1. The highest BCUT2D eigenvalue weighted by molar-refractivity contribution is 5.90. The van der Waals surface area contributed by atoms with Crippen LogP contribution in [0.4, 0.5) is 13.2 Å². The van der Waals surface area contributed by atoms with Crippen LogP contribution in [0.3, 0.4) is 0 Å². The first-order valence-electron chi connectivity index (χ1n) is 6.27. The Morgan fingerprint density at radius 2 is 1.45 bits per heavy atom. The highest BCUT2D eigenvalue weighted by Crippen LogP contribution is 2.26. The first-order chi connectivity index (χ1) is 10.3. The zero-order chi connectivity index (χ0) is 16.2. The van der Waals surface area contributed by atoms with Crippen molar-refractivity contribution in [1.82, 2.24) is 0 Å². The topological polar surface area (TPSA) is 52.3 Å². The second kappa shape index (κ2) is 6.34. The number of primary amides is 1. The number of alkyl halides is 3. The molecule has 0 heterocycles. The fraction of sp³-hybridized carbons (Fsp3) is 0.0625. The lowest BCUT2D eigenvalue weighted by molar-refractivity contribution is -0.274. The van der Waals surface area contributed by atoms with Gasteiger partial charge in [-0.25, -0.2) is 0 Å². The zero-order valence-electron chi connectivity index (χ0n) is 11.3. The number of amides is 1. The minimum atomic E-state index is -4.70. The van der Waals surface area contributed by atoms with Crippen LogP contribution in [0.25, 0.3) is 17.2 Å². The molecule has 0 atom stereocenters. The predicted molar refractivity (Wildman–Crippen MR) is 76.8 cm³/mol. The van der Waals surface area contributed by atoms with Crippen LogP contribution >= 0.6 is 0 Å². The molecular weight excluding hydrogens is 295 g/mol. The predicted octanol–water partition coefficient (Wildman–Crippen LogP) is 3.75. The van der Waals surface area contributed by atoms with Crippen molar-refractivity contribution in [3.05, 3.63) is 60.2 Å². The van der Waals surface area contributed by atoms with Gasteiger partial charge < -0.3 is 10.5 Å². The number of rotatable bonds is 4. The Morgan fingerprint density at radius 3 is 1.91 bits per heavy atom. The van der Waals surface area contributed by atoms with E-state index in [4.69, 9.17) is 5.73 Å². The molecule has 0 aliphatic carbocycles. The molecule has 114 valence electrons. The number of ether oxygens (including phenoxy) is 1. The lowest BCUT2D eigenvalue weighted by atomic mass is 10.0. The summed E-state index contributed by atoms with van der Waals surface area (Å²) in [4.78, 5) is 10.6. The normalized spacial score (nSPS) is 11.6. The highest BCUT2D eigenvalue weighted by atomic mass is 19.4. The molecule has 0 unspecified atom stereocenters. The minimum absolute atomic E-state index is 0.266. The van der Waals surface area contributed by atoms with E-state index in [1.54, 1.807) is 30.3 Å². The highest BCUT2D eigenvalue weighted by Gasteiger charge is 2.30. The summed E-state index contributed by atoms with van der Waals surface area (Å²) in [5, 5.41) is 0. The van der Waals surface area contributed by atoms with Crippen molar-refractivity contribution in [3.8, 4) is 16.9 Å². The van der Waals surface area contributed by atoms with E-state index >= 15 is 0 Å². The third-order valence-corrected chi connectivity index (χ3v) is 2.77. The molecule has 0 aliphatic heterocycles. The number of hydrogen-bond donors (Lipinski definition) is 1. The second-order valence-corrected chi connectivity index (χ2v) is 4.43. The molecule has 0 spiro atoms. The summed E-state index contributed by atoms with van der Waals surface area (Å²) in [7, 11) is 0. The summed E-state index contributed by atoms with van der Waals surface area (Å²) in [6, 6.07) is 12.7. The number of halogens is 3. The van der Waals surface area contributed by atoms with Crippen LogP contribution in [0.15, 0.2) is 54.6 Å². The van der Waals surface area contributed by atoms with Crippen molar-refractivity contribution in [3.63, 3.8) is 0 Å². The number of benzene rings is 2. The Bertz CT molecular complexity index is 674. The smallest absolute Gasteiger partial charge is 0.406 e. The Balaban J connectivity index is 2.13. The largest absolute Gasteiger partial charge is 0.573 e. The van der Waals surface area contributed by atoms with Crippen molar-refractivity contribution in [2.24, 2.45) is 5.73 Å². The molecular formula is C16H12F3NO2. The second-order valence-electron chi connectivity index (χ2n) is 4.43. The molecule has 0 radical (unpaired) electrons. The van der Waals surface area contributed by atoms with Crippen LogP contribution in [0, 0.1) is 0 Å². The molecule has 0 aromatic heterocycles. The van der Waals surface area contributed by atoms with Crippen molar-refractivity contribution in [1.29, 1.82) is 0 Å². The average Bonchev–Trinajstić information content (AvgIpc) is 2.45. The Kier molecular flexibility index (Phi) is 4.50. The van der Waals surface area contributed by atoms with Gasteiger partial charge >= 0.3 is 6.36 Å². The van der Waals surface area contributed by atoms with Gasteiger partial charge in [0.25, 0.3) is 0 Å². The number of carbonyl (C=O) groups is 1. The Morgan fingerprint density at radius 1 is 0.955 bits per heavy atom. The summed E-state index contributed by atoms with van der Waals surface area (Å²) < 4.78 is 40.0. The monoisotopic (exact) mass is 307 g/mol. The van der Waals surface area contributed by atoms with Gasteiger partial charge in [-0.3, -0.25) is 4.79 Å². The Hall–Kier alpha value is -2.76. The molecule has 0 fully saturated rings. The molecule has 2 aromatic rings. The lowest BCUT2D eigenvalue weighted by Gasteiger charge is -2.09. The van der Waals surface area contributed by atoms with E-state index in [0.717, 1.165) is 16.7 Å². The van der Waals surface area contributed by atoms with Gasteiger partial charge in [-0.05, 0) is 34.9 Å². The summed E-state index contributed by atoms with van der Waals surface area (Å²) in [6.45, 7) is 0. The van der Waals surface area contributed by atoms with Crippen LogP contribution in [0.2, 0.25) is 0 Å². The van der Waals surface area contributed by atoms with E-state index in [0.29, 0.717) is 0 Å². The van der Waals surface area contributed by atoms with Crippen LogP contribution in [-0.2, 0) is 4.79 Å². The third kappa shape index (κ3) is 4.66. The fourth-order valence-corrected chi connectivity index (χ4v) is 1.81. The van der Waals surface area contributed by atoms with Crippen LogP contribution in [0.5, 0.6) is 5.75 Å². The number of hydrogen-bond acceptors (Lipinski definition) is 2. The van der Waals surface area contributed by atoms with Crippen molar-refractivity contribution in [2.75, 3.05) is 0 Å². The van der Waals surface area contributed by atoms with Crippen LogP contribution in [-0.4, -0.2) is 12.3 Å². The Labute approximate surface area is 124 Å². The first-order valence-corrected chi connectivity index (χ1v) is 6.27. The molecule has 2 N–H and O–H groups in total. The minimum Gasteiger partial charge on any atom is -0.406 e. The van der Waals surface area contributed by atoms with Gasteiger partial charge in [-0.2, -0.15) is 0 Å². The molecule has 1 amide bonds. The van der Waals surface area contributed by atoms with E-state index < -0.39 is 12.3 Å². The van der Waals surface area contributed by atoms with E-state index in [1.807, 2.05) is 0 Å². The van der Waals surface area contributed by atoms with Gasteiger partial charge in [0, 0.05) is 6.08 Å². The average molecular weight is 307 g/mol. The van der Waals surface area contributed by atoms with Gasteiger partial charge in [0.05, 0.1) is 0 Å². The molecule has 0 aliphatic rings. The third-order valence-electron chi connectivity index (χ3n) is 2.77. The summed E-state index contributed by atoms with van der Waals surface area (Å²) >= 11 is 0. The fourth-order valence-electron chi connectivity index (χ4n) is 1.81. The SMILES string of the molecule is NC(=O)/C=C\c1ccc(-c2ccc(OC(F)(F)F)cc2)cc1. The van der Waals surface area contributed by atoms with Gasteiger partial charge in [-0.1, -0.05) is 36.4 Å². The van der Waals surface area contributed by atoms with Gasteiger partial charge in [0.1, 0.15) is 5.75 Å². The van der Waals surface area contributed by atoms with Gasteiger partial charge in [0.15, 0.2) is 0 Å². The van der Waals surface area contributed by atoms with Crippen molar-refractivity contribution >= 4 is 12.0 Å². The molecule has 3 nitrogen and oxygen atoms in total. The maximum Gasteiger partial charge on any atom is 0.573 e. The maximum absolute atomic E-state index is 12.1. The van der Waals surface area contributed by atoms with Crippen molar-refractivity contribution in [2.45, 2.75) is 6.36 Å². The van der Waals surface area contributed by atoms with Crippen LogP contribution < -0.4 is 10.5 Å². The molecule has 0 saturated heterocycles. The van der Waals surface area contributed by atoms with E-state index in [2.05, 4.69) is 4.74 Å². The number of carbonyl (C=O) groups excluding carboxylic acids is 1. The molecule has 2 rings (SSSR count). The van der Waals surface area contributed by atoms with E-state index in [9.17, 15) is 18.0 Å². The number of nitrogens with two attached hydrogens (primary N) is 1. The van der Waals surface area contributed by atoms with Crippen LogP contribution in [0.1, 0.15) is 5.56 Å². The summed E-state index contributed by atoms with van der Waals surface area (Å²) in [5.41, 5.74) is 7.37. The molecule has 22 heavy (non-hydrogen) atoms.